The van der Waals surface area contributed by atoms with E-state index < -0.39 is 24.0 Å². The maximum Gasteiger partial charge on any atom is 0.338 e. The summed E-state index contributed by atoms with van der Waals surface area (Å²) in [6, 6.07) is 5.48. The van der Waals surface area contributed by atoms with E-state index >= 15 is 0 Å². The van der Waals surface area contributed by atoms with Crippen molar-refractivity contribution < 1.29 is 19.1 Å². The van der Waals surface area contributed by atoms with Crippen LogP contribution in [0.15, 0.2) is 28.6 Å². The van der Waals surface area contributed by atoms with Gasteiger partial charge < -0.3 is 10.5 Å². The molecule has 1 atom stereocenters. The summed E-state index contributed by atoms with van der Waals surface area (Å²) in [5, 5.41) is 6.30. The standard InChI is InChI=1S/C16H18N4O4S3/c1-8(2)11(12(21)18-14(17)23)24-13(22)9-4-6-10(7-5-9)20-16(25)27-15(19-20)26-3/h4-8,11H,1-3H3,(H3,17,18,21,23)/t11-/m0/s1. The van der Waals surface area contributed by atoms with Crippen molar-refractivity contribution >= 4 is 53.2 Å². The maximum absolute atomic E-state index is 12.4. The van der Waals surface area contributed by atoms with Gasteiger partial charge in [0.25, 0.3) is 5.91 Å². The van der Waals surface area contributed by atoms with Crippen LogP contribution in [-0.2, 0) is 9.53 Å². The lowest BCUT2D eigenvalue weighted by atomic mass is 10.1. The van der Waals surface area contributed by atoms with E-state index in [2.05, 4.69) is 5.10 Å². The molecule has 144 valence electrons. The fourth-order valence-corrected chi connectivity index (χ4v) is 3.89. The second-order valence-electron chi connectivity index (χ2n) is 5.72. The number of esters is 1. The molecular weight excluding hydrogens is 408 g/mol. The van der Waals surface area contributed by atoms with Crippen LogP contribution in [0.5, 0.6) is 0 Å². The SMILES string of the molecule is CSc1nn(-c2ccc(C(=O)O[C@H](C(=O)NC(N)=O)C(C)C)cc2)c(=S)s1. The molecule has 0 radical (unpaired) electrons. The zero-order valence-electron chi connectivity index (χ0n) is 14.8. The number of carbonyl (C=O) groups is 3. The van der Waals surface area contributed by atoms with Crippen molar-refractivity contribution in [1.82, 2.24) is 15.1 Å². The molecule has 0 bridgehead atoms. The fourth-order valence-electron chi connectivity index (χ4n) is 2.11. The average molecular weight is 427 g/mol. The van der Waals surface area contributed by atoms with Crippen LogP contribution >= 0.6 is 35.3 Å². The Morgan fingerprint density at radius 1 is 1.30 bits per heavy atom. The van der Waals surface area contributed by atoms with Gasteiger partial charge in [-0.15, -0.1) is 5.10 Å². The van der Waals surface area contributed by atoms with E-state index in [0.717, 1.165) is 4.34 Å². The number of rotatable bonds is 6. The lowest BCUT2D eigenvalue weighted by molar-refractivity contribution is -0.130. The summed E-state index contributed by atoms with van der Waals surface area (Å²) in [4.78, 5) is 35.2. The Morgan fingerprint density at radius 2 is 1.93 bits per heavy atom. The number of nitrogens with zero attached hydrogens (tertiary/aromatic N) is 2. The first kappa shape index (κ1) is 21.1. The van der Waals surface area contributed by atoms with E-state index in [4.69, 9.17) is 22.7 Å². The van der Waals surface area contributed by atoms with Crippen molar-refractivity contribution in [3.05, 3.63) is 33.8 Å². The van der Waals surface area contributed by atoms with Crippen LogP contribution < -0.4 is 11.1 Å². The van der Waals surface area contributed by atoms with Gasteiger partial charge in [-0.1, -0.05) is 36.9 Å². The first-order chi connectivity index (χ1) is 12.7. The minimum Gasteiger partial charge on any atom is -0.448 e. The number of thioether (sulfide) groups is 1. The van der Waals surface area contributed by atoms with E-state index in [1.165, 1.54) is 23.1 Å². The van der Waals surface area contributed by atoms with Crippen molar-refractivity contribution in [2.45, 2.75) is 24.3 Å². The van der Waals surface area contributed by atoms with Crippen LogP contribution in [0.25, 0.3) is 5.69 Å². The summed E-state index contributed by atoms with van der Waals surface area (Å²) in [6.07, 6.45) is 0.775. The number of nitrogens with two attached hydrogens (primary N) is 1. The number of hydrogen-bond donors (Lipinski definition) is 2. The Bertz CT molecular complexity index is 905. The highest BCUT2D eigenvalue weighted by atomic mass is 32.2. The van der Waals surface area contributed by atoms with Gasteiger partial charge in [0.1, 0.15) is 0 Å². The van der Waals surface area contributed by atoms with Crippen molar-refractivity contribution in [3.63, 3.8) is 0 Å². The second kappa shape index (κ2) is 9.11. The van der Waals surface area contributed by atoms with Crippen molar-refractivity contribution in [3.8, 4) is 5.69 Å². The van der Waals surface area contributed by atoms with Gasteiger partial charge in [-0.05, 0) is 48.7 Å². The summed E-state index contributed by atoms with van der Waals surface area (Å²) in [7, 11) is 0. The Balaban J connectivity index is 2.16. The number of aromatic nitrogens is 2. The van der Waals surface area contributed by atoms with E-state index in [9.17, 15) is 14.4 Å². The molecule has 8 nitrogen and oxygen atoms in total. The van der Waals surface area contributed by atoms with E-state index in [1.54, 1.807) is 42.8 Å². The molecule has 0 fully saturated rings. The second-order valence-corrected chi connectivity index (χ2v) is 8.40. The Morgan fingerprint density at radius 3 is 2.41 bits per heavy atom. The number of ether oxygens (including phenoxy) is 1. The van der Waals surface area contributed by atoms with Gasteiger partial charge >= 0.3 is 12.0 Å². The van der Waals surface area contributed by atoms with Crippen molar-refractivity contribution in [2.24, 2.45) is 11.7 Å². The highest BCUT2D eigenvalue weighted by Gasteiger charge is 2.27. The van der Waals surface area contributed by atoms with Crippen molar-refractivity contribution in [2.75, 3.05) is 6.26 Å². The van der Waals surface area contributed by atoms with Crippen LogP contribution in [-0.4, -0.2) is 40.0 Å². The molecule has 0 aliphatic carbocycles. The third kappa shape index (κ3) is 5.37. The number of urea groups is 1. The Labute approximate surface area is 169 Å². The predicted octanol–water partition coefficient (Wildman–Crippen LogP) is 2.76. The number of primary amides is 1. The third-order valence-electron chi connectivity index (χ3n) is 3.40. The minimum absolute atomic E-state index is 0.253. The normalized spacial score (nSPS) is 11.9. The molecule has 0 aliphatic heterocycles. The smallest absolute Gasteiger partial charge is 0.338 e. The molecule has 3 N–H and O–H groups in total. The lowest BCUT2D eigenvalue weighted by Crippen LogP contribution is -2.45. The molecule has 0 saturated carbocycles. The molecule has 11 heteroatoms. The monoisotopic (exact) mass is 426 g/mol. The predicted molar refractivity (Wildman–Crippen MR) is 106 cm³/mol. The van der Waals surface area contributed by atoms with Crippen LogP contribution in [0.4, 0.5) is 4.79 Å². The summed E-state index contributed by atoms with van der Waals surface area (Å²) >= 11 is 8.18. The van der Waals surface area contributed by atoms with Gasteiger partial charge in [0.05, 0.1) is 11.3 Å². The molecule has 0 unspecified atom stereocenters. The topological polar surface area (TPSA) is 116 Å². The van der Waals surface area contributed by atoms with E-state index in [-0.39, 0.29) is 11.5 Å². The van der Waals surface area contributed by atoms with Gasteiger partial charge in [-0.2, -0.15) is 0 Å². The summed E-state index contributed by atoms with van der Waals surface area (Å²) in [5.41, 5.74) is 5.90. The highest BCUT2D eigenvalue weighted by Crippen LogP contribution is 2.22. The molecule has 0 saturated heterocycles. The molecule has 1 aromatic carbocycles. The quantitative estimate of drug-likeness (QED) is 0.414. The highest BCUT2D eigenvalue weighted by molar-refractivity contribution is 8.00. The zero-order chi connectivity index (χ0) is 20.1. The molecule has 2 rings (SSSR count). The van der Waals surface area contributed by atoms with E-state index in [1.807, 2.05) is 11.6 Å². The number of carbonyl (C=O) groups excluding carboxylic acids is 3. The number of amides is 3. The van der Waals surface area contributed by atoms with Gasteiger partial charge in [0, 0.05) is 0 Å². The zero-order valence-corrected chi connectivity index (χ0v) is 17.2. The summed E-state index contributed by atoms with van der Waals surface area (Å²) in [5.74, 6) is -1.79. The fraction of sp³-hybridized carbons (Fsp3) is 0.312. The summed E-state index contributed by atoms with van der Waals surface area (Å²) in [6.45, 7) is 3.38. The van der Waals surface area contributed by atoms with Crippen LogP contribution in [0.3, 0.4) is 0 Å². The molecule has 3 amide bonds. The Hall–Kier alpha value is -2.24. The number of hydrogen-bond acceptors (Lipinski definition) is 8. The molecule has 1 aromatic heterocycles. The third-order valence-corrected chi connectivity index (χ3v) is 5.60. The number of benzene rings is 1. The van der Waals surface area contributed by atoms with Gasteiger partial charge in [-0.3, -0.25) is 10.1 Å². The molecule has 0 aliphatic rings. The first-order valence-corrected chi connectivity index (χ1v) is 10.2. The van der Waals surface area contributed by atoms with E-state index in [0.29, 0.717) is 9.64 Å². The molecule has 0 spiro atoms. The number of imide groups is 1. The average Bonchev–Trinajstić information content (AvgIpc) is 2.99. The molecular formula is C16H18N4O4S3. The number of nitrogens with one attached hydrogen (secondary N) is 1. The van der Waals surface area contributed by atoms with Gasteiger partial charge in [0.15, 0.2) is 14.4 Å². The Kier molecular flexibility index (Phi) is 7.11. The van der Waals surface area contributed by atoms with Gasteiger partial charge in [-0.25, -0.2) is 14.3 Å². The summed E-state index contributed by atoms with van der Waals surface area (Å²) < 4.78 is 8.29. The largest absolute Gasteiger partial charge is 0.448 e. The minimum atomic E-state index is -1.14. The van der Waals surface area contributed by atoms with Crippen LogP contribution in [0, 0.1) is 9.87 Å². The molecule has 1 heterocycles. The lowest BCUT2D eigenvalue weighted by Gasteiger charge is -2.19. The van der Waals surface area contributed by atoms with Crippen LogP contribution in [0.1, 0.15) is 24.2 Å². The van der Waals surface area contributed by atoms with Gasteiger partial charge in [0.2, 0.25) is 0 Å². The van der Waals surface area contributed by atoms with Crippen molar-refractivity contribution in [1.29, 1.82) is 0 Å². The molecule has 27 heavy (non-hydrogen) atoms. The van der Waals surface area contributed by atoms with Crippen LogP contribution in [0.2, 0.25) is 0 Å². The molecule has 2 aromatic rings. The maximum atomic E-state index is 12.4. The first-order valence-electron chi connectivity index (χ1n) is 7.78.